The van der Waals surface area contributed by atoms with Crippen LogP contribution in [0, 0.1) is 10.1 Å². The van der Waals surface area contributed by atoms with Crippen molar-refractivity contribution in [1.29, 1.82) is 0 Å². The van der Waals surface area contributed by atoms with Crippen molar-refractivity contribution in [3.8, 4) is 11.3 Å². The van der Waals surface area contributed by atoms with E-state index in [-0.39, 0.29) is 16.5 Å². The Morgan fingerprint density at radius 3 is 2.21 bits per heavy atom. The number of aromatic nitrogens is 2. The number of nitro benzene ring substituents is 1. The highest BCUT2D eigenvalue weighted by atomic mass is 16.6. The molecule has 9 heteroatoms. The third-order valence-corrected chi connectivity index (χ3v) is 6.48. The molecule has 5 rings (SSSR count). The fourth-order valence-corrected chi connectivity index (χ4v) is 4.61. The van der Waals surface area contributed by atoms with E-state index in [1.54, 1.807) is 17.0 Å². The second kappa shape index (κ2) is 9.46. The van der Waals surface area contributed by atoms with Gasteiger partial charge in [-0.25, -0.2) is 0 Å². The number of rotatable bonds is 5. The van der Waals surface area contributed by atoms with E-state index >= 15 is 0 Å². The predicted molar refractivity (Wildman–Crippen MR) is 130 cm³/mol. The Hall–Kier alpha value is -4.01. The third-order valence-electron chi connectivity index (χ3n) is 6.48. The van der Waals surface area contributed by atoms with Gasteiger partial charge in [-0.05, 0) is 37.1 Å². The van der Waals surface area contributed by atoms with E-state index in [2.05, 4.69) is 15.1 Å². The van der Waals surface area contributed by atoms with Crippen molar-refractivity contribution >= 4 is 23.1 Å². The van der Waals surface area contributed by atoms with Gasteiger partial charge in [-0.3, -0.25) is 14.9 Å². The van der Waals surface area contributed by atoms with Gasteiger partial charge in [0.25, 0.3) is 11.6 Å². The topological polar surface area (TPSA) is 95.7 Å². The molecule has 0 atom stereocenters. The normalized spacial score (nSPS) is 16.1. The Bertz CT molecular complexity index is 1170. The molecule has 0 bridgehead atoms. The average molecular weight is 459 g/mol. The predicted octanol–water partition coefficient (Wildman–Crippen LogP) is 3.61. The van der Waals surface area contributed by atoms with Crippen molar-refractivity contribution in [2.24, 2.45) is 0 Å². The molecule has 3 aromatic rings. The lowest BCUT2D eigenvalue weighted by molar-refractivity contribution is -0.384. The highest BCUT2D eigenvalue weighted by molar-refractivity contribution is 5.96. The molecule has 3 heterocycles. The Kier molecular flexibility index (Phi) is 6.07. The Morgan fingerprint density at radius 2 is 1.56 bits per heavy atom. The number of anilines is 2. The van der Waals surface area contributed by atoms with Gasteiger partial charge in [-0.15, -0.1) is 10.2 Å². The van der Waals surface area contributed by atoms with Gasteiger partial charge in [-0.2, -0.15) is 0 Å². The van der Waals surface area contributed by atoms with E-state index in [1.165, 1.54) is 6.07 Å². The molecule has 2 aliphatic rings. The molecule has 9 nitrogen and oxygen atoms in total. The lowest BCUT2D eigenvalue weighted by Gasteiger charge is -2.35. The van der Waals surface area contributed by atoms with Crippen LogP contribution in [0.5, 0.6) is 0 Å². The molecule has 2 fully saturated rings. The van der Waals surface area contributed by atoms with Crippen LogP contribution in [0.3, 0.4) is 0 Å². The first kappa shape index (κ1) is 21.8. The van der Waals surface area contributed by atoms with Crippen LogP contribution in [0.15, 0.2) is 60.7 Å². The molecule has 0 spiro atoms. The van der Waals surface area contributed by atoms with Crippen molar-refractivity contribution in [1.82, 2.24) is 15.1 Å². The van der Waals surface area contributed by atoms with Gasteiger partial charge >= 0.3 is 0 Å². The number of piperazine rings is 1. The maximum Gasteiger partial charge on any atom is 0.293 e. The smallest absolute Gasteiger partial charge is 0.293 e. The fourth-order valence-electron chi connectivity index (χ4n) is 4.61. The van der Waals surface area contributed by atoms with Crippen LogP contribution in [0.25, 0.3) is 11.3 Å². The summed E-state index contributed by atoms with van der Waals surface area (Å²) in [6.45, 7) is 3.90. The standard InChI is InChI=1S/C25H26N6O3/c32-25(20-8-10-22(23(18-20)31(33)34)28-12-4-5-13-28)30-16-14-29(15-17-30)24-11-9-21(26-27-24)19-6-2-1-3-7-19/h1-3,6-11,18H,4-5,12-17H2. The van der Waals surface area contributed by atoms with Gasteiger partial charge in [0.1, 0.15) is 5.69 Å². The van der Waals surface area contributed by atoms with Gasteiger partial charge in [-0.1, -0.05) is 30.3 Å². The summed E-state index contributed by atoms with van der Waals surface area (Å²) in [4.78, 5) is 30.3. The van der Waals surface area contributed by atoms with Crippen molar-refractivity contribution in [3.05, 3.63) is 76.3 Å². The van der Waals surface area contributed by atoms with Crippen molar-refractivity contribution in [2.75, 3.05) is 49.1 Å². The van der Waals surface area contributed by atoms with Gasteiger partial charge in [0.15, 0.2) is 5.82 Å². The molecule has 34 heavy (non-hydrogen) atoms. The van der Waals surface area contributed by atoms with Crippen LogP contribution >= 0.6 is 0 Å². The van der Waals surface area contributed by atoms with E-state index in [1.807, 2.05) is 47.4 Å². The van der Waals surface area contributed by atoms with Gasteiger partial charge in [0, 0.05) is 56.5 Å². The summed E-state index contributed by atoms with van der Waals surface area (Å²) in [5.41, 5.74) is 2.79. The fraction of sp³-hybridized carbons (Fsp3) is 0.320. The highest BCUT2D eigenvalue weighted by Crippen LogP contribution is 2.32. The number of nitro groups is 1. The van der Waals surface area contributed by atoms with E-state index in [9.17, 15) is 14.9 Å². The summed E-state index contributed by atoms with van der Waals surface area (Å²) < 4.78 is 0. The zero-order valence-corrected chi connectivity index (χ0v) is 18.8. The molecular formula is C25H26N6O3. The third kappa shape index (κ3) is 4.41. The van der Waals surface area contributed by atoms with Crippen molar-refractivity contribution in [3.63, 3.8) is 0 Å². The summed E-state index contributed by atoms with van der Waals surface area (Å²) in [6, 6.07) is 18.7. The Labute approximate surface area is 197 Å². The molecule has 2 saturated heterocycles. The second-order valence-electron chi connectivity index (χ2n) is 8.58. The quantitative estimate of drug-likeness (QED) is 0.426. The summed E-state index contributed by atoms with van der Waals surface area (Å²) in [7, 11) is 0. The molecule has 2 aromatic carbocycles. The minimum Gasteiger partial charge on any atom is -0.366 e. The van der Waals surface area contributed by atoms with E-state index < -0.39 is 0 Å². The van der Waals surface area contributed by atoms with Crippen LogP contribution < -0.4 is 9.80 Å². The number of carbonyl (C=O) groups is 1. The van der Waals surface area contributed by atoms with E-state index in [0.29, 0.717) is 37.4 Å². The monoisotopic (exact) mass is 458 g/mol. The maximum atomic E-state index is 13.1. The molecule has 174 valence electrons. The zero-order valence-electron chi connectivity index (χ0n) is 18.8. The number of benzene rings is 2. The van der Waals surface area contributed by atoms with Gasteiger partial charge in [0.2, 0.25) is 0 Å². The lowest BCUT2D eigenvalue weighted by Crippen LogP contribution is -2.49. The summed E-state index contributed by atoms with van der Waals surface area (Å²) >= 11 is 0. The van der Waals surface area contributed by atoms with Gasteiger partial charge in [0.05, 0.1) is 10.6 Å². The number of nitrogens with zero attached hydrogens (tertiary/aromatic N) is 6. The molecule has 0 unspecified atom stereocenters. The summed E-state index contributed by atoms with van der Waals surface area (Å²) in [5, 5.41) is 20.4. The largest absolute Gasteiger partial charge is 0.366 e. The number of amides is 1. The number of hydrogen-bond acceptors (Lipinski definition) is 7. The molecule has 0 saturated carbocycles. The minimum absolute atomic E-state index is 0.000154. The second-order valence-corrected chi connectivity index (χ2v) is 8.58. The van der Waals surface area contributed by atoms with E-state index in [4.69, 9.17) is 0 Å². The number of carbonyl (C=O) groups excluding carboxylic acids is 1. The first-order valence-corrected chi connectivity index (χ1v) is 11.6. The van der Waals surface area contributed by atoms with Gasteiger partial charge < -0.3 is 14.7 Å². The van der Waals surface area contributed by atoms with Crippen molar-refractivity contribution < 1.29 is 9.72 Å². The van der Waals surface area contributed by atoms with Crippen LogP contribution in [0.1, 0.15) is 23.2 Å². The zero-order chi connectivity index (χ0) is 23.5. The first-order chi connectivity index (χ1) is 16.6. The molecule has 1 amide bonds. The number of hydrogen-bond donors (Lipinski definition) is 0. The van der Waals surface area contributed by atoms with Crippen LogP contribution in [-0.4, -0.2) is 65.2 Å². The molecular weight excluding hydrogens is 432 g/mol. The van der Waals surface area contributed by atoms with Crippen LogP contribution in [0.2, 0.25) is 0 Å². The van der Waals surface area contributed by atoms with Crippen LogP contribution in [-0.2, 0) is 0 Å². The average Bonchev–Trinajstić information content (AvgIpc) is 3.44. The molecule has 2 aliphatic heterocycles. The summed E-state index contributed by atoms with van der Waals surface area (Å²) in [6.07, 6.45) is 2.06. The highest BCUT2D eigenvalue weighted by Gasteiger charge is 2.27. The lowest BCUT2D eigenvalue weighted by atomic mass is 10.1. The molecule has 1 aromatic heterocycles. The van der Waals surface area contributed by atoms with E-state index in [0.717, 1.165) is 43.0 Å². The van der Waals surface area contributed by atoms with Crippen LogP contribution in [0.4, 0.5) is 17.2 Å². The maximum absolute atomic E-state index is 13.1. The summed E-state index contributed by atoms with van der Waals surface area (Å²) in [5.74, 6) is 0.596. The first-order valence-electron chi connectivity index (χ1n) is 11.6. The molecule has 0 N–H and O–H groups in total. The SMILES string of the molecule is O=C(c1ccc(N2CCCC2)c([N+](=O)[O-])c1)N1CCN(c2ccc(-c3ccccc3)nn2)CC1. The Balaban J connectivity index is 1.24. The molecule has 0 radical (unpaired) electrons. The minimum atomic E-state index is -0.389. The van der Waals surface area contributed by atoms with Crippen molar-refractivity contribution in [2.45, 2.75) is 12.8 Å². The molecule has 0 aliphatic carbocycles. The Morgan fingerprint density at radius 1 is 0.824 bits per heavy atom.